The summed E-state index contributed by atoms with van der Waals surface area (Å²) in [4.78, 5) is 11.8. The van der Waals surface area contributed by atoms with Gasteiger partial charge in [0, 0.05) is 7.05 Å². The molecule has 0 fully saturated rings. The Morgan fingerprint density at radius 3 is 2.25 bits per heavy atom. The average Bonchev–Trinajstić information content (AvgIpc) is 1.37. The van der Waals surface area contributed by atoms with Crippen molar-refractivity contribution in [3.8, 4) is 0 Å². The van der Waals surface area contributed by atoms with Crippen LogP contribution in [-0.2, 0) is 4.79 Å². The molecule has 0 amide bonds. The maximum atomic E-state index is 8.88. The normalized spacial score (nSPS) is 4.25. The Kier molecular flexibility index (Phi) is 2.01. The summed E-state index contributed by atoms with van der Waals surface area (Å²) in [5.41, 5.74) is 0. The minimum absolute atomic E-state index is 1.31. The van der Waals surface area contributed by atoms with Crippen LogP contribution in [0, 0.1) is 0 Å². The molecular weight excluding hydrogens is 56.0 g/mol. The zero-order valence-electron chi connectivity index (χ0n) is 2.36. The molecule has 0 aliphatic carbocycles. The van der Waals surface area contributed by atoms with Gasteiger partial charge in [-0.05, 0) is 0 Å². The van der Waals surface area contributed by atoms with E-state index in [9.17, 15) is 0 Å². The molecular formula is C2H3NO. The van der Waals surface area contributed by atoms with Crippen molar-refractivity contribution in [1.29, 1.82) is 0 Å². The van der Waals surface area contributed by atoms with Crippen LogP contribution in [0.25, 0.3) is 0 Å². The Balaban J connectivity index is 3.11. The molecule has 0 N–H and O–H groups in total. The predicted molar refractivity (Wildman–Crippen MR) is 14.0 cm³/mol. The summed E-state index contributed by atoms with van der Waals surface area (Å²) in [6.45, 7) is 0. The van der Waals surface area contributed by atoms with Crippen molar-refractivity contribution in [2.75, 3.05) is 7.05 Å². The first-order valence-corrected chi connectivity index (χ1v) is 0.875. The number of rotatable bonds is 0. The Labute approximate surface area is 24.2 Å². The summed E-state index contributed by atoms with van der Waals surface area (Å²) in [6.07, 6.45) is 1.31. The number of carbonyl (C=O) groups excluding carboxylic acids is 1. The van der Waals surface area contributed by atoms with Crippen LogP contribution >= 0.6 is 0 Å². The molecule has 0 atom stereocenters. The van der Waals surface area contributed by atoms with Gasteiger partial charge in [0.1, 0.15) is 0 Å². The van der Waals surface area contributed by atoms with Gasteiger partial charge in [-0.3, -0.25) is 0 Å². The van der Waals surface area contributed by atoms with Crippen molar-refractivity contribution < 1.29 is 4.79 Å². The molecule has 0 saturated heterocycles. The molecule has 0 saturated carbocycles. The van der Waals surface area contributed by atoms with Crippen molar-refractivity contribution in [1.82, 2.24) is 0 Å². The highest BCUT2D eigenvalue weighted by molar-refractivity contribution is 5.32. The van der Waals surface area contributed by atoms with E-state index in [4.69, 9.17) is 4.79 Å². The molecule has 0 rings (SSSR count). The fourth-order valence-electron chi connectivity index (χ4n) is 0. The van der Waals surface area contributed by atoms with Crippen LogP contribution in [0.5, 0.6) is 0 Å². The van der Waals surface area contributed by atoms with E-state index < -0.39 is 0 Å². The van der Waals surface area contributed by atoms with E-state index in [-0.39, 0.29) is 0 Å². The van der Waals surface area contributed by atoms with Gasteiger partial charge in [-0.1, -0.05) is 0 Å². The Bertz CT molecular complexity index is 44.0. The maximum Gasteiger partial charge on any atom is 0.234 e. The van der Waals surface area contributed by atoms with Gasteiger partial charge in [-0.25, -0.2) is 9.79 Å². The molecule has 2 nitrogen and oxygen atoms in total. The van der Waals surface area contributed by atoms with Gasteiger partial charge in [0.25, 0.3) is 0 Å². The lowest BCUT2D eigenvalue weighted by Crippen LogP contribution is -1.38. The van der Waals surface area contributed by atoms with Crippen molar-refractivity contribution >= 4 is 6.08 Å². The summed E-state index contributed by atoms with van der Waals surface area (Å²) >= 11 is 0. The highest BCUT2D eigenvalue weighted by Crippen LogP contribution is 1.28. The minimum atomic E-state index is 1.31. The van der Waals surface area contributed by atoms with Crippen LogP contribution in [0.4, 0.5) is 0 Å². The van der Waals surface area contributed by atoms with E-state index in [2.05, 4.69) is 4.99 Å². The van der Waals surface area contributed by atoms with Gasteiger partial charge in [0.05, 0.1) is 0 Å². The highest BCUT2D eigenvalue weighted by Gasteiger charge is 1.29. The van der Waals surface area contributed by atoms with Crippen LogP contribution in [-0.4, -0.2) is 13.1 Å². The first-order chi connectivity index (χ1) is 1.91. The Hall–Kier alpha value is -0.620. The topological polar surface area (TPSA) is 29.4 Å². The van der Waals surface area contributed by atoms with Gasteiger partial charge in [-0.15, -0.1) is 0 Å². The molecule has 0 heterocycles. The van der Waals surface area contributed by atoms with Crippen LogP contribution in [0.15, 0.2) is 4.99 Å². The van der Waals surface area contributed by atoms with Gasteiger partial charge in [0.2, 0.25) is 6.08 Å². The van der Waals surface area contributed by atoms with Crippen molar-refractivity contribution in [3.63, 3.8) is 0 Å². The van der Waals surface area contributed by atoms with Gasteiger partial charge >= 0.3 is 0 Å². The minimum Gasteiger partial charge on any atom is -0.211 e. The molecule has 0 bridgehead atoms. The largest absolute Gasteiger partial charge is 0.234 e. The lowest BCUT2D eigenvalue weighted by molar-refractivity contribution is 0.564. The smallest absolute Gasteiger partial charge is 0.211 e. The highest BCUT2D eigenvalue weighted by atomic mass is 18.1. The van der Waals surface area contributed by atoms with E-state index >= 15 is 0 Å². The number of hydrogen-bond acceptors (Lipinski definition) is 2. The summed E-state index contributed by atoms with van der Waals surface area (Å²) < 4.78 is 0. The molecule has 0 aromatic rings. The van der Waals surface area contributed by atoms with E-state index in [0.717, 1.165) is 0 Å². The van der Waals surface area contributed by atoms with Gasteiger partial charge in [0.15, 0.2) is 0 Å². The lowest BCUT2D eigenvalue weighted by atomic mass is 11.4. The third kappa shape index (κ3) is 1.38. The second-order valence-corrected chi connectivity index (χ2v) is 0.315. The molecule has 0 aliphatic rings. The van der Waals surface area contributed by atoms with Crippen LogP contribution in [0.3, 0.4) is 0 Å². The van der Waals surface area contributed by atoms with Gasteiger partial charge < -0.3 is 0 Å². The Morgan fingerprint density at radius 2 is 2.25 bits per heavy atom. The van der Waals surface area contributed by atoms with Gasteiger partial charge in [-0.2, -0.15) is 0 Å². The monoisotopic (exact) mass is 59.0 g/mol. The second kappa shape index (κ2) is 2.38. The lowest BCUT2D eigenvalue weighted by Gasteiger charge is -1.36. The molecule has 4 heavy (non-hydrogen) atoms. The fraction of sp³-hybridized carbons (Fsp3) is 0.500. The standard InChI is InChI=1S/C2H3NO/c1-3-2-4/h1H3/i4+2. The zero-order valence-corrected chi connectivity index (χ0v) is 2.36. The molecule has 0 aromatic heterocycles. The summed E-state index contributed by atoms with van der Waals surface area (Å²) in [5, 5.41) is 0. The molecule has 22 valence electrons. The molecule has 0 spiro atoms. The summed E-state index contributed by atoms with van der Waals surface area (Å²) in [7, 11) is 1.38. The molecule has 0 aromatic carbocycles. The predicted octanol–water partition coefficient (Wildman–Crippen LogP) is -0.0480. The third-order valence-electron chi connectivity index (χ3n) is 0.0913. The molecule has 0 unspecified atom stereocenters. The fourth-order valence-corrected chi connectivity index (χ4v) is 0. The van der Waals surface area contributed by atoms with E-state index in [1.807, 2.05) is 0 Å². The quantitative estimate of drug-likeness (QED) is 0.218. The van der Waals surface area contributed by atoms with Crippen molar-refractivity contribution in [2.45, 2.75) is 0 Å². The molecule has 2 heteroatoms. The van der Waals surface area contributed by atoms with E-state index in [0.29, 0.717) is 0 Å². The number of nitrogens with zero attached hydrogens (tertiary/aromatic N) is 1. The van der Waals surface area contributed by atoms with Crippen LogP contribution in [0.2, 0.25) is 0 Å². The molecule has 0 radical (unpaired) electrons. The van der Waals surface area contributed by atoms with Crippen LogP contribution < -0.4 is 0 Å². The number of hydrogen-bond donors (Lipinski definition) is 0. The molecule has 0 aliphatic heterocycles. The second-order valence-electron chi connectivity index (χ2n) is 0.315. The van der Waals surface area contributed by atoms with Crippen molar-refractivity contribution in [2.24, 2.45) is 4.99 Å². The first kappa shape index (κ1) is 3.38. The van der Waals surface area contributed by atoms with E-state index in [1.54, 1.807) is 0 Å². The van der Waals surface area contributed by atoms with Crippen molar-refractivity contribution in [3.05, 3.63) is 0 Å². The number of aliphatic imine (C=N–C) groups is 1. The average molecular weight is 59.1 g/mol. The zero-order chi connectivity index (χ0) is 3.41. The van der Waals surface area contributed by atoms with E-state index in [1.165, 1.54) is 13.1 Å². The maximum absolute atomic E-state index is 8.88. The summed E-state index contributed by atoms with van der Waals surface area (Å²) in [6, 6.07) is 0. The number of isocyanates is 1. The van der Waals surface area contributed by atoms with Crippen LogP contribution in [0.1, 0.15) is 0 Å². The third-order valence-corrected chi connectivity index (χ3v) is 0.0913. The summed E-state index contributed by atoms with van der Waals surface area (Å²) in [5.74, 6) is 0. The Morgan fingerprint density at radius 1 is 2.00 bits per heavy atom. The SMILES string of the molecule is CN=C=[18O]. The first-order valence-electron chi connectivity index (χ1n) is 0.875.